The van der Waals surface area contributed by atoms with E-state index in [-0.39, 0.29) is 0 Å². The third-order valence-electron chi connectivity index (χ3n) is 2.58. The molecule has 0 saturated heterocycles. The Balaban J connectivity index is 2.04. The second-order valence-electron chi connectivity index (χ2n) is 3.93. The summed E-state index contributed by atoms with van der Waals surface area (Å²) in [6.07, 6.45) is 6.32. The average Bonchev–Trinajstić information content (AvgIpc) is 2.77. The van der Waals surface area contributed by atoms with Crippen LogP contribution in [0.25, 0.3) is 0 Å². The van der Waals surface area contributed by atoms with Gasteiger partial charge in [-0.3, -0.25) is 4.68 Å². The van der Waals surface area contributed by atoms with Crippen LogP contribution >= 0.6 is 31.9 Å². The molecule has 1 aromatic heterocycles. The molecule has 17 heavy (non-hydrogen) atoms. The van der Waals surface area contributed by atoms with Gasteiger partial charge in [-0.1, -0.05) is 50.1 Å². The first-order valence-corrected chi connectivity index (χ1v) is 7.52. The Kier molecular flexibility index (Phi) is 4.80. The largest absolute Gasteiger partial charge is 0.268 e. The highest BCUT2D eigenvalue weighted by atomic mass is 79.9. The summed E-state index contributed by atoms with van der Waals surface area (Å²) < 4.78 is 3.13. The molecule has 0 atom stereocenters. The zero-order chi connectivity index (χ0) is 12.1. The number of benzene rings is 1. The second kappa shape index (κ2) is 6.36. The maximum Gasteiger partial charge on any atom is 0.0670 e. The molecule has 0 amide bonds. The van der Waals surface area contributed by atoms with Crippen LogP contribution in [0.15, 0.2) is 41.1 Å². The van der Waals surface area contributed by atoms with Gasteiger partial charge in [-0.2, -0.15) is 5.10 Å². The molecule has 2 aromatic rings. The van der Waals surface area contributed by atoms with E-state index in [0.29, 0.717) is 0 Å². The molecular weight excluding hydrogens is 344 g/mol. The monoisotopic (exact) mass is 356 g/mol. The van der Waals surface area contributed by atoms with E-state index < -0.39 is 0 Å². The molecule has 0 N–H and O–H groups in total. The molecule has 0 aliphatic carbocycles. The average molecular weight is 358 g/mol. The van der Waals surface area contributed by atoms with Crippen molar-refractivity contribution in [2.75, 3.05) is 5.33 Å². The van der Waals surface area contributed by atoms with Crippen LogP contribution in [0.5, 0.6) is 0 Å². The number of aromatic nitrogens is 2. The topological polar surface area (TPSA) is 17.8 Å². The summed E-state index contributed by atoms with van der Waals surface area (Å²) in [7, 11) is 0. The highest BCUT2D eigenvalue weighted by Crippen LogP contribution is 2.17. The number of halogens is 2. The van der Waals surface area contributed by atoms with E-state index in [1.807, 2.05) is 16.9 Å². The Hall–Kier alpha value is -0.610. The van der Waals surface area contributed by atoms with Crippen LogP contribution in [-0.4, -0.2) is 15.1 Å². The number of hydrogen-bond donors (Lipinski definition) is 0. The van der Waals surface area contributed by atoms with Crippen LogP contribution in [0.3, 0.4) is 0 Å². The molecule has 2 nitrogen and oxygen atoms in total. The fraction of sp³-hybridized carbons (Fsp3) is 0.308. The number of aryl methyl sites for hydroxylation is 1. The highest BCUT2D eigenvalue weighted by Gasteiger charge is 2.02. The van der Waals surface area contributed by atoms with Gasteiger partial charge in [-0.15, -0.1) is 0 Å². The van der Waals surface area contributed by atoms with Gasteiger partial charge in [0.05, 0.1) is 12.7 Å². The lowest BCUT2D eigenvalue weighted by Crippen LogP contribution is -2.00. The Labute approximate surface area is 118 Å². The lowest BCUT2D eigenvalue weighted by Gasteiger charge is -2.03. The molecule has 2 rings (SSSR count). The van der Waals surface area contributed by atoms with Gasteiger partial charge in [0.1, 0.15) is 0 Å². The van der Waals surface area contributed by atoms with E-state index >= 15 is 0 Å². The van der Waals surface area contributed by atoms with Gasteiger partial charge in [0.15, 0.2) is 0 Å². The fourth-order valence-electron chi connectivity index (χ4n) is 1.69. The van der Waals surface area contributed by atoms with Crippen LogP contribution < -0.4 is 0 Å². The number of nitrogens with zero attached hydrogens (tertiary/aromatic N) is 2. The zero-order valence-electron chi connectivity index (χ0n) is 9.44. The third kappa shape index (κ3) is 3.68. The van der Waals surface area contributed by atoms with Crippen LogP contribution in [-0.2, 0) is 13.0 Å². The molecule has 90 valence electrons. The molecule has 0 fully saturated rings. The molecule has 4 heteroatoms. The predicted octanol–water partition coefficient (Wildman–Crippen LogP) is 4.02. The van der Waals surface area contributed by atoms with Gasteiger partial charge in [-0.05, 0) is 30.0 Å². The van der Waals surface area contributed by atoms with Crippen LogP contribution in [0.4, 0.5) is 0 Å². The van der Waals surface area contributed by atoms with E-state index in [2.05, 4.69) is 61.4 Å². The van der Waals surface area contributed by atoms with Gasteiger partial charge in [0, 0.05) is 16.0 Å². The van der Waals surface area contributed by atoms with Crippen molar-refractivity contribution < 1.29 is 0 Å². The van der Waals surface area contributed by atoms with E-state index in [1.54, 1.807) is 0 Å². The van der Waals surface area contributed by atoms with Crippen LogP contribution in [0.1, 0.15) is 17.5 Å². The maximum atomic E-state index is 4.39. The van der Waals surface area contributed by atoms with Crippen molar-refractivity contribution in [1.29, 1.82) is 0 Å². The first-order chi connectivity index (χ1) is 8.29. The standard InChI is InChI=1S/C13H14Br2N2/c14-7-3-4-11-8-16-17(9-11)10-12-5-1-2-6-13(12)15/h1-2,5-6,8-9H,3-4,7,10H2. The molecular formula is C13H14Br2N2. The van der Waals surface area contributed by atoms with Crippen molar-refractivity contribution in [2.24, 2.45) is 0 Å². The summed E-state index contributed by atoms with van der Waals surface area (Å²) in [5.74, 6) is 0. The van der Waals surface area contributed by atoms with Gasteiger partial charge in [0.2, 0.25) is 0 Å². The molecule has 0 aliphatic rings. The minimum atomic E-state index is 0.815. The van der Waals surface area contributed by atoms with Crippen LogP contribution in [0, 0.1) is 0 Å². The van der Waals surface area contributed by atoms with Crippen molar-refractivity contribution in [3.05, 3.63) is 52.3 Å². The molecule has 0 radical (unpaired) electrons. The molecule has 0 saturated carbocycles. The third-order valence-corrected chi connectivity index (χ3v) is 3.91. The minimum absolute atomic E-state index is 0.815. The van der Waals surface area contributed by atoms with Crippen molar-refractivity contribution in [1.82, 2.24) is 9.78 Å². The Morgan fingerprint density at radius 1 is 1.24 bits per heavy atom. The van der Waals surface area contributed by atoms with E-state index in [1.165, 1.54) is 11.1 Å². The van der Waals surface area contributed by atoms with Gasteiger partial charge >= 0.3 is 0 Å². The van der Waals surface area contributed by atoms with Crippen molar-refractivity contribution >= 4 is 31.9 Å². The lowest BCUT2D eigenvalue weighted by atomic mass is 10.2. The van der Waals surface area contributed by atoms with Crippen molar-refractivity contribution in [3.8, 4) is 0 Å². The maximum absolute atomic E-state index is 4.39. The van der Waals surface area contributed by atoms with Gasteiger partial charge in [-0.25, -0.2) is 0 Å². The number of hydrogen-bond acceptors (Lipinski definition) is 1. The quantitative estimate of drug-likeness (QED) is 0.739. The lowest BCUT2D eigenvalue weighted by molar-refractivity contribution is 0.684. The van der Waals surface area contributed by atoms with Crippen molar-refractivity contribution in [3.63, 3.8) is 0 Å². The molecule has 0 aliphatic heterocycles. The Morgan fingerprint density at radius 3 is 2.82 bits per heavy atom. The molecule has 1 aromatic carbocycles. The summed E-state index contributed by atoms with van der Waals surface area (Å²) >= 11 is 7.00. The normalized spacial score (nSPS) is 10.7. The summed E-state index contributed by atoms with van der Waals surface area (Å²) in [6, 6.07) is 8.25. The summed E-state index contributed by atoms with van der Waals surface area (Å²) in [5, 5.41) is 5.43. The summed E-state index contributed by atoms with van der Waals surface area (Å²) in [4.78, 5) is 0. The van der Waals surface area contributed by atoms with E-state index in [0.717, 1.165) is 29.2 Å². The first-order valence-electron chi connectivity index (χ1n) is 5.60. The Morgan fingerprint density at radius 2 is 2.06 bits per heavy atom. The summed E-state index contributed by atoms with van der Waals surface area (Å²) in [6.45, 7) is 0.815. The van der Waals surface area contributed by atoms with E-state index in [4.69, 9.17) is 0 Å². The zero-order valence-corrected chi connectivity index (χ0v) is 12.6. The van der Waals surface area contributed by atoms with Gasteiger partial charge in [0.25, 0.3) is 0 Å². The molecule has 0 spiro atoms. The fourth-order valence-corrected chi connectivity index (χ4v) is 2.38. The molecule has 0 bridgehead atoms. The van der Waals surface area contributed by atoms with E-state index in [9.17, 15) is 0 Å². The Bertz CT molecular complexity index is 480. The summed E-state index contributed by atoms with van der Waals surface area (Å²) in [5.41, 5.74) is 2.55. The SMILES string of the molecule is BrCCCc1cnn(Cc2ccccc2Br)c1. The molecule has 1 heterocycles. The van der Waals surface area contributed by atoms with Gasteiger partial charge < -0.3 is 0 Å². The minimum Gasteiger partial charge on any atom is -0.268 e. The van der Waals surface area contributed by atoms with Crippen LogP contribution in [0.2, 0.25) is 0 Å². The smallest absolute Gasteiger partial charge is 0.0670 e. The predicted molar refractivity (Wildman–Crippen MR) is 77.6 cm³/mol. The number of alkyl halides is 1. The second-order valence-corrected chi connectivity index (χ2v) is 5.58. The van der Waals surface area contributed by atoms with Crippen molar-refractivity contribution in [2.45, 2.75) is 19.4 Å². The highest BCUT2D eigenvalue weighted by molar-refractivity contribution is 9.10. The molecule has 0 unspecified atom stereocenters. The number of rotatable bonds is 5. The first kappa shape index (κ1) is 12.8.